The van der Waals surface area contributed by atoms with E-state index in [-0.39, 0.29) is 10.8 Å². The van der Waals surface area contributed by atoms with Gasteiger partial charge in [-0.15, -0.1) is 0 Å². The van der Waals surface area contributed by atoms with Gasteiger partial charge in [-0.2, -0.15) is 0 Å². The van der Waals surface area contributed by atoms with E-state index in [0.29, 0.717) is 5.56 Å². The van der Waals surface area contributed by atoms with Crippen LogP contribution in [0.2, 0.25) is 0 Å². The Bertz CT molecular complexity index is 778. The van der Waals surface area contributed by atoms with Crippen molar-refractivity contribution in [2.24, 2.45) is 0 Å². The lowest BCUT2D eigenvalue weighted by Gasteiger charge is -2.10. The van der Waals surface area contributed by atoms with E-state index in [0.717, 1.165) is 11.1 Å². The molecule has 0 atom stereocenters. The molecule has 1 amide bonds. The van der Waals surface area contributed by atoms with Gasteiger partial charge in [0.25, 0.3) is 15.9 Å². The van der Waals surface area contributed by atoms with Crippen molar-refractivity contribution in [2.45, 2.75) is 31.6 Å². The molecule has 1 N–H and O–H groups in total. The van der Waals surface area contributed by atoms with Crippen molar-refractivity contribution in [3.05, 3.63) is 65.2 Å². The van der Waals surface area contributed by atoms with Crippen LogP contribution in [0.1, 0.15) is 41.3 Å². The minimum atomic E-state index is -3.86. The highest BCUT2D eigenvalue weighted by Gasteiger charge is 2.18. The van der Waals surface area contributed by atoms with Gasteiger partial charge in [0.15, 0.2) is 0 Å². The van der Waals surface area contributed by atoms with Crippen LogP contribution in [0.3, 0.4) is 0 Å². The zero-order valence-electron chi connectivity index (χ0n) is 12.8. The molecule has 0 heterocycles. The Morgan fingerprint density at radius 3 is 2.27 bits per heavy atom. The summed E-state index contributed by atoms with van der Waals surface area (Å²) < 4.78 is 26.5. The molecule has 5 heteroatoms. The number of carbonyl (C=O) groups is 1. The van der Waals surface area contributed by atoms with Gasteiger partial charge in [-0.1, -0.05) is 43.7 Å². The van der Waals surface area contributed by atoms with Gasteiger partial charge in [0, 0.05) is 5.56 Å². The number of hydrogen-bond donors (Lipinski definition) is 1. The molecule has 0 unspecified atom stereocenters. The Labute approximate surface area is 131 Å². The maximum atomic E-state index is 12.2. The molecule has 0 aromatic heterocycles. The number of amides is 1. The number of hydrogen-bond acceptors (Lipinski definition) is 3. The van der Waals surface area contributed by atoms with Crippen LogP contribution in [0, 0.1) is 6.92 Å². The van der Waals surface area contributed by atoms with Crippen molar-refractivity contribution in [2.75, 3.05) is 0 Å². The van der Waals surface area contributed by atoms with Crippen LogP contribution in [0.15, 0.2) is 53.4 Å². The van der Waals surface area contributed by atoms with Gasteiger partial charge in [0.2, 0.25) is 0 Å². The van der Waals surface area contributed by atoms with E-state index in [1.165, 1.54) is 12.1 Å². The molecular formula is C17H19NO3S. The van der Waals surface area contributed by atoms with Crippen molar-refractivity contribution < 1.29 is 13.2 Å². The fourth-order valence-electron chi connectivity index (χ4n) is 2.00. The molecule has 0 radical (unpaired) electrons. The summed E-state index contributed by atoms with van der Waals surface area (Å²) >= 11 is 0. The molecule has 4 nitrogen and oxygen atoms in total. The number of nitrogens with one attached hydrogen (secondary N) is 1. The Morgan fingerprint density at radius 2 is 1.68 bits per heavy atom. The monoisotopic (exact) mass is 317 g/mol. The van der Waals surface area contributed by atoms with E-state index in [1.807, 2.05) is 26.8 Å². The van der Waals surface area contributed by atoms with E-state index < -0.39 is 15.9 Å². The summed E-state index contributed by atoms with van der Waals surface area (Å²) in [7, 11) is -3.86. The third-order valence-corrected chi connectivity index (χ3v) is 4.72. The van der Waals surface area contributed by atoms with Gasteiger partial charge in [0.05, 0.1) is 4.90 Å². The van der Waals surface area contributed by atoms with Gasteiger partial charge in [0.1, 0.15) is 0 Å². The average molecular weight is 317 g/mol. The fraction of sp³-hybridized carbons (Fsp3) is 0.235. The first-order valence-corrected chi connectivity index (χ1v) is 8.51. The summed E-state index contributed by atoms with van der Waals surface area (Å²) in [5, 5.41) is 0. The predicted molar refractivity (Wildman–Crippen MR) is 86.4 cm³/mol. The number of benzene rings is 2. The Morgan fingerprint density at radius 1 is 1.05 bits per heavy atom. The van der Waals surface area contributed by atoms with Crippen molar-refractivity contribution in [3.8, 4) is 0 Å². The molecule has 0 aliphatic rings. The molecule has 0 aliphatic carbocycles. The van der Waals surface area contributed by atoms with Gasteiger partial charge in [-0.25, -0.2) is 13.1 Å². The normalized spacial score (nSPS) is 11.5. The summed E-state index contributed by atoms with van der Waals surface area (Å²) in [5.41, 5.74) is 2.28. The molecule has 2 aromatic rings. The molecule has 22 heavy (non-hydrogen) atoms. The van der Waals surface area contributed by atoms with Crippen molar-refractivity contribution >= 4 is 15.9 Å². The minimum absolute atomic E-state index is 0.0754. The van der Waals surface area contributed by atoms with Gasteiger partial charge >= 0.3 is 0 Å². The van der Waals surface area contributed by atoms with Crippen LogP contribution < -0.4 is 4.72 Å². The SMILES string of the molecule is Cc1ccc(S(=O)(=O)NC(=O)c2cccc(C(C)C)c2)cc1. The number of sulfonamides is 1. The van der Waals surface area contributed by atoms with Crippen LogP contribution in [0.4, 0.5) is 0 Å². The third kappa shape index (κ3) is 3.74. The van der Waals surface area contributed by atoms with Crippen molar-refractivity contribution in [1.82, 2.24) is 4.72 Å². The van der Waals surface area contributed by atoms with E-state index in [1.54, 1.807) is 30.3 Å². The first-order valence-electron chi connectivity index (χ1n) is 7.03. The van der Waals surface area contributed by atoms with E-state index in [9.17, 15) is 13.2 Å². The number of aryl methyl sites for hydroxylation is 1. The lowest BCUT2D eigenvalue weighted by molar-refractivity contribution is 0.0981. The molecule has 0 spiro atoms. The molecule has 2 aromatic carbocycles. The molecule has 0 aliphatic heterocycles. The van der Waals surface area contributed by atoms with Crippen molar-refractivity contribution in [1.29, 1.82) is 0 Å². The van der Waals surface area contributed by atoms with E-state index in [2.05, 4.69) is 4.72 Å². The van der Waals surface area contributed by atoms with Crippen LogP contribution in [-0.4, -0.2) is 14.3 Å². The molecular weight excluding hydrogens is 298 g/mol. The summed E-state index contributed by atoms with van der Waals surface area (Å²) in [6, 6.07) is 13.3. The average Bonchev–Trinajstić information content (AvgIpc) is 2.47. The second-order valence-electron chi connectivity index (χ2n) is 5.53. The standard InChI is InChI=1S/C17H19NO3S/c1-12(2)14-5-4-6-15(11-14)17(19)18-22(20,21)16-9-7-13(3)8-10-16/h4-12H,1-3H3,(H,18,19). The number of rotatable bonds is 4. The third-order valence-electron chi connectivity index (χ3n) is 3.37. The zero-order chi connectivity index (χ0) is 16.3. The van der Waals surface area contributed by atoms with Crippen molar-refractivity contribution in [3.63, 3.8) is 0 Å². The maximum absolute atomic E-state index is 12.2. The van der Waals surface area contributed by atoms with Crippen LogP contribution in [0.5, 0.6) is 0 Å². The first kappa shape index (κ1) is 16.2. The quantitative estimate of drug-likeness (QED) is 0.941. The second-order valence-corrected chi connectivity index (χ2v) is 7.21. The van der Waals surface area contributed by atoms with Gasteiger partial charge in [-0.3, -0.25) is 4.79 Å². The minimum Gasteiger partial charge on any atom is -0.268 e. The highest BCUT2D eigenvalue weighted by atomic mass is 32.2. The highest BCUT2D eigenvalue weighted by Crippen LogP contribution is 2.16. The molecule has 0 saturated heterocycles. The highest BCUT2D eigenvalue weighted by molar-refractivity contribution is 7.90. The first-order chi connectivity index (χ1) is 10.3. The lowest BCUT2D eigenvalue weighted by Crippen LogP contribution is -2.30. The van der Waals surface area contributed by atoms with Crippen LogP contribution in [-0.2, 0) is 10.0 Å². The Hall–Kier alpha value is -2.14. The summed E-state index contributed by atoms with van der Waals surface area (Å²) in [6.45, 7) is 5.90. The topological polar surface area (TPSA) is 63.2 Å². The lowest BCUT2D eigenvalue weighted by atomic mass is 10.0. The van der Waals surface area contributed by atoms with Crippen LogP contribution in [0.25, 0.3) is 0 Å². The van der Waals surface area contributed by atoms with Gasteiger partial charge < -0.3 is 0 Å². The molecule has 0 bridgehead atoms. The van der Waals surface area contributed by atoms with Gasteiger partial charge in [-0.05, 0) is 42.7 Å². The van der Waals surface area contributed by atoms with E-state index in [4.69, 9.17) is 0 Å². The summed E-state index contributed by atoms with van der Waals surface area (Å²) in [6.07, 6.45) is 0. The summed E-state index contributed by atoms with van der Waals surface area (Å²) in [4.78, 5) is 12.3. The fourth-order valence-corrected chi connectivity index (χ4v) is 2.97. The zero-order valence-corrected chi connectivity index (χ0v) is 13.6. The molecule has 116 valence electrons. The predicted octanol–water partition coefficient (Wildman–Crippen LogP) is 3.24. The maximum Gasteiger partial charge on any atom is 0.265 e. The molecule has 2 rings (SSSR count). The second kappa shape index (κ2) is 6.32. The van der Waals surface area contributed by atoms with E-state index >= 15 is 0 Å². The summed E-state index contributed by atoms with van der Waals surface area (Å²) in [5.74, 6) is -0.357. The Kier molecular flexibility index (Phi) is 4.66. The number of carbonyl (C=O) groups excluding carboxylic acids is 1. The Balaban J connectivity index is 2.24. The largest absolute Gasteiger partial charge is 0.268 e. The molecule has 0 fully saturated rings. The smallest absolute Gasteiger partial charge is 0.265 e. The molecule has 0 saturated carbocycles. The van der Waals surface area contributed by atoms with Crippen LogP contribution >= 0.6 is 0 Å².